The first-order valence-electron chi connectivity index (χ1n) is 4.96. The van der Waals surface area contributed by atoms with Crippen LogP contribution in [0.2, 0.25) is 0 Å². The molecule has 13 heavy (non-hydrogen) atoms. The number of rotatable bonds is 0. The van der Waals surface area contributed by atoms with Crippen molar-refractivity contribution in [3.63, 3.8) is 0 Å². The molecule has 68 valence electrons. The van der Waals surface area contributed by atoms with Crippen molar-refractivity contribution >= 4 is 0 Å². The normalized spacial score (nSPS) is 21.4. The molecule has 0 amide bonds. The van der Waals surface area contributed by atoms with Crippen LogP contribution in [0.4, 0.5) is 0 Å². The number of hydrogen-bond donors (Lipinski definition) is 0. The molecule has 1 heteroatoms. The van der Waals surface area contributed by atoms with Gasteiger partial charge in [-0.25, -0.2) is 0 Å². The molecule has 3 rings (SSSR count). The van der Waals surface area contributed by atoms with Crippen LogP contribution in [-0.2, 0) is 5.41 Å². The first kappa shape index (κ1) is 7.43. The molecule has 1 aliphatic heterocycles. The van der Waals surface area contributed by atoms with E-state index >= 15 is 0 Å². The van der Waals surface area contributed by atoms with Crippen LogP contribution in [0.15, 0.2) is 12.1 Å². The predicted molar refractivity (Wildman–Crippen MR) is 52.3 cm³/mol. The molecule has 1 aliphatic carbocycles. The van der Waals surface area contributed by atoms with E-state index in [2.05, 4.69) is 26.0 Å². The topological polar surface area (TPSA) is 9.23 Å². The third-order valence-corrected chi connectivity index (χ3v) is 3.44. The van der Waals surface area contributed by atoms with Crippen LogP contribution in [0.5, 0.6) is 5.75 Å². The number of aryl methyl sites for hydroxylation is 2. The fourth-order valence-corrected chi connectivity index (χ4v) is 2.46. The average Bonchev–Trinajstić information content (AvgIpc) is 2.74. The van der Waals surface area contributed by atoms with Crippen LogP contribution >= 0.6 is 0 Å². The second-order valence-electron chi connectivity index (χ2n) is 4.47. The summed E-state index contributed by atoms with van der Waals surface area (Å²) in [5.41, 5.74) is 4.65. The molecular weight excluding hydrogens is 160 g/mol. The third kappa shape index (κ3) is 0.822. The highest BCUT2D eigenvalue weighted by Gasteiger charge is 2.51. The summed E-state index contributed by atoms with van der Waals surface area (Å²) in [5.74, 6) is 1.18. The zero-order chi connectivity index (χ0) is 9.05. The van der Waals surface area contributed by atoms with Gasteiger partial charge in [0.1, 0.15) is 5.75 Å². The summed E-state index contributed by atoms with van der Waals surface area (Å²) in [4.78, 5) is 0. The molecule has 1 nitrogen and oxygen atoms in total. The molecule has 0 unspecified atom stereocenters. The van der Waals surface area contributed by atoms with Crippen molar-refractivity contribution in [2.75, 3.05) is 6.61 Å². The van der Waals surface area contributed by atoms with Gasteiger partial charge in [-0.3, -0.25) is 0 Å². The molecule has 1 aromatic carbocycles. The molecule has 1 saturated carbocycles. The van der Waals surface area contributed by atoms with Crippen molar-refractivity contribution in [3.05, 3.63) is 28.8 Å². The Morgan fingerprint density at radius 3 is 2.54 bits per heavy atom. The van der Waals surface area contributed by atoms with Crippen LogP contribution in [0.3, 0.4) is 0 Å². The Balaban J connectivity index is 2.28. The van der Waals surface area contributed by atoms with Crippen molar-refractivity contribution in [1.82, 2.24) is 0 Å². The van der Waals surface area contributed by atoms with Gasteiger partial charge in [0.25, 0.3) is 0 Å². The minimum absolute atomic E-state index is 0.436. The number of hydrogen-bond acceptors (Lipinski definition) is 1. The van der Waals surface area contributed by atoms with Gasteiger partial charge in [-0.2, -0.15) is 0 Å². The summed E-state index contributed by atoms with van der Waals surface area (Å²) in [6.45, 7) is 5.26. The van der Waals surface area contributed by atoms with Crippen LogP contribution in [-0.4, -0.2) is 6.61 Å². The highest BCUT2D eigenvalue weighted by Crippen LogP contribution is 2.57. The molecule has 0 saturated heterocycles. The van der Waals surface area contributed by atoms with Gasteiger partial charge in [0.15, 0.2) is 0 Å². The highest BCUT2D eigenvalue weighted by atomic mass is 16.5. The highest BCUT2D eigenvalue weighted by molar-refractivity contribution is 5.55. The van der Waals surface area contributed by atoms with E-state index in [1.807, 2.05) is 0 Å². The van der Waals surface area contributed by atoms with E-state index in [0.29, 0.717) is 5.41 Å². The van der Waals surface area contributed by atoms with Crippen molar-refractivity contribution in [1.29, 1.82) is 0 Å². The zero-order valence-electron chi connectivity index (χ0n) is 8.18. The van der Waals surface area contributed by atoms with Gasteiger partial charge in [0.05, 0.1) is 6.61 Å². The van der Waals surface area contributed by atoms with E-state index in [1.165, 1.54) is 35.3 Å². The summed E-state index contributed by atoms with van der Waals surface area (Å²) in [6, 6.07) is 4.39. The fourth-order valence-electron chi connectivity index (χ4n) is 2.46. The minimum Gasteiger partial charge on any atom is -0.492 e. The molecule has 0 radical (unpaired) electrons. The Hall–Kier alpha value is -0.980. The number of benzene rings is 1. The Morgan fingerprint density at radius 2 is 1.85 bits per heavy atom. The van der Waals surface area contributed by atoms with Crippen molar-refractivity contribution in [2.45, 2.75) is 32.1 Å². The lowest BCUT2D eigenvalue weighted by Crippen LogP contribution is -2.08. The molecule has 1 spiro atoms. The number of ether oxygens (including phenoxy) is 1. The Kier molecular flexibility index (Phi) is 1.19. The van der Waals surface area contributed by atoms with Crippen LogP contribution in [0, 0.1) is 13.8 Å². The molecule has 2 aliphatic rings. The lowest BCUT2D eigenvalue weighted by atomic mass is 9.92. The van der Waals surface area contributed by atoms with Crippen molar-refractivity contribution in [2.24, 2.45) is 0 Å². The number of fused-ring (bicyclic) bond motifs is 2. The molecule has 0 aromatic heterocycles. The Labute approximate surface area is 78.7 Å². The first-order chi connectivity index (χ1) is 6.23. The van der Waals surface area contributed by atoms with E-state index in [-0.39, 0.29) is 0 Å². The fraction of sp³-hybridized carbons (Fsp3) is 0.500. The average molecular weight is 174 g/mol. The molecule has 0 bridgehead atoms. The largest absolute Gasteiger partial charge is 0.492 e. The first-order valence-corrected chi connectivity index (χ1v) is 4.96. The summed E-state index contributed by atoms with van der Waals surface area (Å²) >= 11 is 0. The summed E-state index contributed by atoms with van der Waals surface area (Å²) in [7, 11) is 0. The monoisotopic (exact) mass is 174 g/mol. The Bertz CT molecular complexity index is 375. The smallest absolute Gasteiger partial charge is 0.126 e. The van der Waals surface area contributed by atoms with E-state index in [0.717, 1.165) is 6.61 Å². The maximum Gasteiger partial charge on any atom is 0.126 e. The SMILES string of the molecule is Cc1ccc(C)c2c1OCC21CC1. The van der Waals surface area contributed by atoms with Crippen LogP contribution in [0.25, 0.3) is 0 Å². The molecule has 0 N–H and O–H groups in total. The van der Waals surface area contributed by atoms with Gasteiger partial charge < -0.3 is 4.74 Å². The molecular formula is C12H14O. The van der Waals surface area contributed by atoms with E-state index in [9.17, 15) is 0 Å². The van der Waals surface area contributed by atoms with Crippen molar-refractivity contribution < 1.29 is 4.74 Å². The molecule has 1 fully saturated rings. The van der Waals surface area contributed by atoms with Crippen molar-refractivity contribution in [3.8, 4) is 5.75 Å². The zero-order valence-corrected chi connectivity index (χ0v) is 8.18. The lowest BCUT2D eigenvalue weighted by molar-refractivity contribution is 0.322. The standard InChI is InChI=1S/C12H14O/c1-8-3-4-9(2)11-10(8)12(5-6-12)7-13-11/h3-4H,5-7H2,1-2H3. The molecule has 1 aromatic rings. The lowest BCUT2D eigenvalue weighted by Gasteiger charge is -2.08. The predicted octanol–water partition coefficient (Wildman–Crippen LogP) is 2.73. The molecule has 1 heterocycles. The second-order valence-corrected chi connectivity index (χ2v) is 4.47. The molecule has 0 atom stereocenters. The summed E-state index contributed by atoms with van der Waals surface area (Å²) in [5, 5.41) is 0. The van der Waals surface area contributed by atoms with Crippen LogP contribution < -0.4 is 4.74 Å². The Morgan fingerprint density at radius 1 is 1.15 bits per heavy atom. The van der Waals surface area contributed by atoms with E-state index < -0.39 is 0 Å². The minimum atomic E-state index is 0.436. The van der Waals surface area contributed by atoms with E-state index in [4.69, 9.17) is 4.74 Å². The third-order valence-electron chi connectivity index (χ3n) is 3.44. The van der Waals surface area contributed by atoms with Gasteiger partial charge >= 0.3 is 0 Å². The van der Waals surface area contributed by atoms with Gasteiger partial charge in [-0.1, -0.05) is 12.1 Å². The van der Waals surface area contributed by atoms with Gasteiger partial charge in [-0.15, -0.1) is 0 Å². The van der Waals surface area contributed by atoms with Gasteiger partial charge in [0.2, 0.25) is 0 Å². The summed E-state index contributed by atoms with van der Waals surface area (Å²) in [6.07, 6.45) is 2.65. The second kappa shape index (κ2) is 2.09. The van der Waals surface area contributed by atoms with E-state index in [1.54, 1.807) is 0 Å². The van der Waals surface area contributed by atoms with Gasteiger partial charge in [-0.05, 0) is 37.8 Å². The van der Waals surface area contributed by atoms with Crippen LogP contribution in [0.1, 0.15) is 29.5 Å². The summed E-state index contributed by atoms with van der Waals surface area (Å²) < 4.78 is 5.79. The maximum absolute atomic E-state index is 5.79. The maximum atomic E-state index is 5.79. The van der Waals surface area contributed by atoms with Gasteiger partial charge in [0, 0.05) is 11.0 Å². The quantitative estimate of drug-likeness (QED) is 0.587.